The fourth-order valence-electron chi connectivity index (χ4n) is 2.29. The standard InChI is InChI=1S/C16H26N2O3/c1-14-3-2-4-16(11-14)21-13-15(19)12-17-5-6-18-7-9-20-10-8-18/h2-4,11,15,17,19H,5-10,12-13H2,1H3. The molecule has 1 fully saturated rings. The van der Waals surface area contributed by atoms with E-state index < -0.39 is 6.10 Å². The highest BCUT2D eigenvalue weighted by Gasteiger charge is 2.10. The zero-order valence-corrected chi connectivity index (χ0v) is 12.8. The monoisotopic (exact) mass is 294 g/mol. The number of nitrogens with zero attached hydrogens (tertiary/aromatic N) is 1. The van der Waals surface area contributed by atoms with Gasteiger partial charge in [0.2, 0.25) is 0 Å². The van der Waals surface area contributed by atoms with E-state index >= 15 is 0 Å². The van der Waals surface area contributed by atoms with Crippen LogP contribution in [0.15, 0.2) is 24.3 Å². The number of rotatable bonds is 8. The molecule has 2 N–H and O–H groups in total. The first kappa shape index (κ1) is 16.2. The third-order valence-corrected chi connectivity index (χ3v) is 3.52. The van der Waals surface area contributed by atoms with Crippen LogP contribution in [0.5, 0.6) is 5.75 Å². The van der Waals surface area contributed by atoms with E-state index in [1.54, 1.807) is 0 Å². The average molecular weight is 294 g/mol. The Morgan fingerprint density at radius 2 is 2.19 bits per heavy atom. The Hall–Kier alpha value is -1.14. The van der Waals surface area contributed by atoms with Crippen LogP contribution in [0.2, 0.25) is 0 Å². The molecule has 0 bridgehead atoms. The summed E-state index contributed by atoms with van der Waals surface area (Å²) in [7, 11) is 0. The molecule has 0 spiro atoms. The third kappa shape index (κ3) is 6.44. The van der Waals surface area contributed by atoms with Gasteiger partial charge in [0.25, 0.3) is 0 Å². The maximum Gasteiger partial charge on any atom is 0.119 e. The Morgan fingerprint density at radius 1 is 1.38 bits per heavy atom. The molecule has 1 heterocycles. The Balaban J connectivity index is 1.54. The molecule has 1 aliphatic rings. The van der Waals surface area contributed by atoms with Gasteiger partial charge in [-0.15, -0.1) is 0 Å². The smallest absolute Gasteiger partial charge is 0.119 e. The van der Waals surface area contributed by atoms with Crippen molar-refractivity contribution in [2.24, 2.45) is 0 Å². The molecule has 21 heavy (non-hydrogen) atoms. The van der Waals surface area contributed by atoms with Gasteiger partial charge < -0.3 is 19.9 Å². The Kier molecular flexibility index (Phi) is 6.95. The summed E-state index contributed by atoms with van der Waals surface area (Å²) in [5, 5.41) is 13.2. The van der Waals surface area contributed by atoms with Crippen LogP contribution in [-0.2, 0) is 4.74 Å². The first-order valence-electron chi connectivity index (χ1n) is 7.62. The SMILES string of the molecule is Cc1cccc(OCC(O)CNCCN2CCOCC2)c1. The molecule has 0 aromatic heterocycles. The summed E-state index contributed by atoms with van der Waals surface area (Å²) in [6, 6.07) is 7.86. The number of morpholine rings is 1. The predicted molar refractivity (Wildman–Crippen MR) is 82.8 cm³/mol. The topological polar surface area (TPSA) is 54.0 Å². The minimum atomic E-state index is -0.491. The lowest BCUT2D eigenvalue weighted by atomic mass is 10.2. The van der Waals surface area contributed by atoms with Crippen LogP contribution < -0.4 is 10.1 Å². The number of aryl methyl sites for hydroxylation is 1. The maximum atomic E-state index is 9.90. The molecular formula is C16H26N2O3. The largest absolute Gasteiger partial charge is 0.491 e. The van der Waals surface area contributed by atoms with Crippen molar-refractivity contribution < 1.29 is 14.6 Å². The van der Waals surface area contributed by atoms with Crippen molar-refractivity contribution in [1.29, 1.82) is 0 Å². The minimum absolute atomic E-state index is 0.313. The van der Waals surface area contributed by atoms with Gasteiger partial charge in [0.05, 0.1) is 13.2 Å². The molecular weight excluding hydrogens is 268 g/mol. The molecule has 118 valence electrons. The van der Waals surface area contributed by atoms with Crippen LogP contribution in [-0.4, -0.2) is 68.7 Å². The van der Waals surface area contributed by atoms with Crippen LogP contribution in [0.1, 0.15) is 5.56 Å². The number of hydrogen-bond donors (Lipinski definition) is 2. The molecule has 1 atom stereocenters. The number of hydrogen-bond acceptors (Lipinski definition) is 5. The Labute approximate surface area is 126 Å². The van der Waals surface area contributed by atoms with Crippen LogP contribution in [0, 0.1) is 6.92 Å². The van der Waals surface area contributed by atoms with Crippen LogP contribution in [0.25, 0.3) is 0 Å². The van der Waals surface area contributed by atoms with Gasteiger partial charge in [0.1, 0.15) is 18.5 Å². The first-order chi connectivity index (χ1) is 10.2. The molecule has 1 aromatic rings. The molecule has 1 saturated heterocycles. The Bertz CT molecular complexity index is 408. The second-order valence-corrected chi connectivity index (χ2v) is 5.44. The molecule has 1 aliphatic heterocycles. The molecule has 0 amide bonds. The van der Waals surface area contributed by atoms with E-state index in [9.17, 15) is 5.11 Å². The molecule has 0 aliphatic carbocycles. The number of aliphatic hydroxyl groups excluding tert-OH is 1. The van der Waals surface area contributed by atoms with Crippen molar-refractivity contribution in [2.75, 3.05) is 52.5 Å². The van der Waals surface area contributed by atoms with Crippen LogP contribution in [0.4, 0.5) is 0 Å². The zero-order valence-electron chi connectivity index (χ0n) is 12.8. The number of aliphatic hydroxyl groups is 1. The van der Waals surface area contributed by atoms with Gasteiger partial charge in [-0.3, -0.25) is 4.90 Å². The fourth-order valence-corrected chi connectivity index (χ4v) is 2.29. The minimum Gasteiger partial charge on any atom is -0.491 e. The van der Waals surface area contributed by atoms with Crippen LogP contribution in [0.3, 0.4) is 0 Å². The molecule has 5 nitrogen and oxygen atoms in total. The van der Waals surface area contributed by atoms with E-state index in [-0.39, 0.29) is 0 Å². The lowest BCUT2D eigenvalue weighted by Crippen LogP contribution is -2.41. The highest BCUT2D eigenvalue weighted by atomic mass is 16.5. The number of benzene rings is 1. The molecule has 0 radical (unpaired) electrons. The summed E-state index contributed by atoms with van der Waals surface area (Å²) in [5.41, 5.74) is 1.16. The predicted octanol–water partition coefficient (Wildman–Crippen LogP) is 0.657. The van der Waals surface area contributed by atoms with Gasteiger partial charge >= 0.3 is 0 Å². The molecule has 1 aromatic carbocycles. The fraction of sp³-hybridized carbons (Fsp3) is 0.625. The van der Waals surface area contributed by atoms with E-state index in [2.05, 4.69) is 10.2 Å². The van der Waals surface area contributed by atoms with Gasteiger partial charge in [-0.05, 0) is 24.6 Å². The van der Waals surface area contributed by atoms with Gasteiger partial charge in [0, 0.05) is 32.7 Å². The van der Waals surface area contributed by atoms with E-state index in [4.69, 9.17) is 9.47 Å². The van der Waals surface area contributed by atoms with Gasteiger partial charge in [-0.1, -0.05) is 12.1 Å². The van der Waals surface area contributed by atoms with Crippen molar-refractivity contribution in [3.05, 3.63) is 29.8 Å². The second kappa shape index (κ2) is 9.00. The van der Waals surface area contributed by atoms with E-state index in [1.807, 2.05) is 31.2 Å². The quantitative estimate of drug-likeness (QED) is 0.690. The molecule has 2 rings (SSSR count). The number of nitrogens with one attached hydrogen (secondary N) is 1. The summed E-state index contributed by atoms with van der Waals surface area (Å²) >= 11 is 0. The molecule has 0 saturated carbocycles. The lowest BCUT2D eigenvalue weighted by molar-refractivity contribution is 0.0376. The zero-order chi connectivity index (χ0) is 14.9. The lowest BCUT2D eigenvalue weighted by Gasteiger charge is -2.26. The van der Waals surface area contributed by atoms with Gasteiger partial charge in [-0.2, -0.15) is 0 Å². The average Bonchev–Trinajstić information content (AvgIpc) is 2.51. The van der Waals surface area contributed by atoms with E-state index in [1.165, 1.54) is 0 Å². The van der Waals surface area contributed by atoms with E-state index in [0.717, 1.165) is 50.7 Å². The third-order valence-electron chi connectivity index (χ3n) is 3.52. The summed E-state index contributed by atoms with van der Waals surface area (Å²) < 4.78 is 10.9. The number of ether oxygens (including phenoxy) is 2. The summed E-state index contributed by atoms with van der Waals surface area (Å²) in [6.45, 7) is 8.41. The highest BCUT2D eigenvalue weighted by Crippen LogP contribution is 2.12. The van der Waals surface area contributed by atoms with Crippen molar-refractivity contribution >= 4 is 0 Å². The maximum absolute atomic E-state index is 9.90. The molecule has 1 unspecified atom stereocenters. The first-order valence-corrected chi connectivity index (χ1v) is 7.62. The second-order valence-electron chi connectivity index (χ2n) is 5.44. The van der Waals surface area contributed by atoms with Gasteiger partial charge in [0.15, 0.2) is 0 Å². The molecule has 5 heteroatoms. The summed E-state index contributed by atoms with van der Waals surface area (Å²) in [6.07, 6.45) is -0.491. The van der Waals surface area contributed by atoms with Crippen LogP contribution >= 0.6 is 0 Å². The van der Waals surface area contributed by atoms with Gasteiger partial charge in [-0.25, -0.2) is 0 Å². The summed E-state index contributed by atoms with van der Waals surface area (Å²) in [5.74, 6) is 0.808. The normalized spacial score (nSPS) is 17.6. The summed E-state index contributed by atoms with van der Waals surface area (Å²) in [4.78, 5) is 2.37. The highest BCUT2D eigenvalue weighted by molar-refractivity contribution is 5.27. The van der Waals surface area contributed by atoms with E-state index in [0.29, 0.717) is 13.2 Å². The van der Waals surface area contributed by atoms with Crippen molar-refractivity contribution in [1.82, 2.24) is 10.2 Å². The van der Waals surface area contributed by atoms with Crippen molar-refractivity contribution in [2.45, 2.75) is 13.0 Å². The Morgan fingerprint density at radius 3 is 2.95 bits per heavy atom. The van der Waals surface area contributed by atoms with Crippen molar-refractivity contribution in [3.63, 3.8) is 0 Å². The van der Waals surface area contributed by atoms with Crippen molar-refractivity contribution in [3.8, 4) is 5.75 Å².